The van der Waals surface area contributed by atoms with Gasteiger partial charge in [-0.3, -0.25) is 4.79 Å². The smallest absolute Gasteiger partial charge is 0.407 e. The number of carbonyl (C=O) groups excluding carboxylic acids is 3. The number of hydrogen-bond donors (Lipinski definition) is 1. The van der Waals surface area contributed by atoms with Gasteiger partial charge in [0.25, 0.3) is 0 Å². The van der Waals surface area contributed by atoms with Gasteiger partial charge in [-0.1, -0.05) is 54.6 Å². The molecule has 31 heavy (non-hydrogen) atoms. The van der Waals surface area contributed by atoms with E-state index in [0.717, 1.165) is 16.7 Å². The molecule has 1 N–H and O–H groups in total. The maximum Gasteiger partial charge on any atom is 0.407 e. The van der Waals surface area contributed by atoms with E-state index in [1.807, 2.05) is 61.5 Å². The number of hydrogen-bond acceptors (Lipinski definition) is 5. The second kappa shape index (κ2) is 10.6. The fourth-order valence-electron chi connectivity index (χ4n) is 3.91. The van der Waals surface area contributed by atoms with Crippen LogP contribution >= 0.6 is 0 Å². The molecular formula is C24H28N2O5. The van der Waals surface area contributed by atoms with Crippen LogP contribution in [0.3, 0.4) is 0 Å². The molecule has 2 atom stereocenters. The van der Waals surface area contributed by atoms with Crippen LogP contribution in [-0.4, -0.2) is 42.1 Å². The second-order valence-electron chi connectivity index (χ2n) is 7.43. The Hall–Kier alpha value is -3.35. The molecule has 1 aliphatic rings. The second-order valence-corrected chi connectivity index (χ2v) is 7.43. The van der Waals surface area contributed by atoms with Gasteiger partial charge in [0.05, 0.1) is 12.6 Å². The van der Waals surface area contributed by atoms with Crippen LogP contribution in [0.25, 0.3) is 0 Å². The average Bonchev–Trinajstić information content (AvgIpc) is 3.22. The Balaban J connectivity index is 1.67. The predicted octanol–water partition coefficient (Wildman–Crippen LogP) is 3.52. The molecule has 0 aromatic heterocycles. The van der Waals surface area contributed by atoms with Crippen molar-refractivity contribution in [1.29, 1.82) is 0 Å². The zero-order chi connectivity index (χ0) is 22.2. The van der Waals surface area contributed by atoms with Crippen LogP contribution < -0.4 is 5.32 Å². The monoisotopic (exact) mass is 424 g/mol. The van der Waals surface area contributed by atoms with Crippen LogP contribution in [0.1, 0.15) is 42.5 Å². The lowest BCUT2D eigenvalue weighted by molar-refractivity contribution is -0.154. The lowest BCUT2D eigenvalue weighted by Crippen LogP contribution is -2.47. The first-order valence-corrected chi connectivity index (χ1v) is 10.5. The largest absolute Gasteiger partial charge is 0.464 e. The highest BCUT2D eigenvalue weighted by molar-refractivity contribution is 5.88. The van der Waals surface area contributed by atoms with E-state index in [1.54, 1.807) is 11.8 Å². The topological polar surface area (TPSA) is 84.9 Å². The van der Waals surface area contributed by atoms with Crippen molar-refractivity contribution in [2.75, 3.05) is 13.2 Å². The maximum absolute atomic E-state index is 13.1. The van der Waals surface area contributed by atoms with E-state index in [0.29, 0.717) is 12.8 Å². The molecule has 2 amide bonds. The van der Waals surface area contributed by atoms with E-state index in [4.69, 9.17) is 9.47 Å². The van der Waals surface area contributed by atoms with Gasteiger partial charge in [-0.15, -0.1) is 0 Å². The van der Waals surface area contributed by atoms with Gasteiger partial charge in [0, 0.05) is 0 Å². The van der Waals surface area contributed by atoms with Crippen molar-refractivity contribution < 1.29 is 23.9 Å². The fourth-order valence-corrected chi connectivity index (χ4v) is 3.91. The number of benzene rings is 2. The Kier molecular flexibility index (Phi) is 7.65. The molecule has 0 aliphatic carbocycles. The first-order valence-electron chi connectivity index (χ1n) is 10.5. The summed E-state index contributed by atoms with van der Waals surface area (Å²) >= 11 is 0. The Morgan fingerprint density at radius 1 is 1.00 bits per heavy atom. The van der Waals surface area contributed by atoms with Crippen molar-refractivity contribution in [1.82, 2.24) is 10.2 Å². The average molecular weight is 424 g/mol. The van der Waals surface area contributed by atoms with Gasteiger partial charge in [0.1, 0.15) is 19.2 Å². The van der Waals surface area contributed by atoms with Crippen molar-refractivity contribution in [2.24, 2.45) is 0 Å². The van der Waals surface area contributed by atoms with E-state index < -0.39 is 18.1 Å². The van der Waals surface area contributed by atoms with Gasteiger partial charge < -0.3 is 19.7 Å². The minimum absolute atomic E-state index is 0.113. The molecular weight excluding hydrogens is 396 g/mol. The van der Waals surface area contributed by atoms with Crippen LogP contribution in [0.5, 0.6) is 0 Å². The quantitative estimate of drug-likeness (QED) is 0.688. The SMILES string of the molecule is CCOC(=O)[C@@H]1CC[C@@H](c2ccccc2C)N1C(=O)CNC(=O)OCc1ccccc1. The summed E-state index contributed by atoms with van der Waals surface area (Å²) in [6.45, 7) is 3.82. The number of esters is 1. The summed E-state index contributed by atoms with van der Waals surface area (Å²) in [7, 11) is 0. The number of ether oxygens (including phenoxy) is 2. The first-order chi connectivity index (χ1) is 15.0. The van der Waals surface area contributed by atoms with Gasteiger partial charge in [0.15, 0.2) is 0 Å². The van der Waals surface area contributed by atoms with Crippen LogP contribution in [-0.2, 0) is 25.7 Å². The summed E-state index contributed by atoms with van der Waals surface area (Å²) < 4.78 is 10.4. The number of aryl methyl sites for hydroxylation is 1. The van der Waals surface area contributed by atoms with Crippen molar-refractivity contribution in [2.45, 2.75) is 45.4 Å². The van der Waals surface area contributed by atoms with Gasteiger partial charge in [-0.05, 0) is 43.4 Å². The molecule has 0 radical (unpaired) electrons. The van der Waals surface area contributed by atoms with E-state index in [2.05, 4.69) is 5.32 Å². The lowest BCUT2D eigenvalue weighted by atomic mass is 9.99. The molecule has 0 unspecified atom stereocenters. The summed E-state index contributed by atoms with van der Waals surface area (Å²) in [5, 5.41) is 2.50. The molecule has 1 aliphatic heterocycles. The van der Waals surface area contributed by atoms with Gasteiger partial charge in [0.2, 0.25) is 5.91 Å². The maximum atomic E-state index is 13.1. The summed E-state index contributed by atoms with van der Waals surface area (Å²) in [6.07, 6.45) is 0.483. The highest BCUT2D eigenvalue weighted by Crippen LogP contribution is 2.38. The third-order valence-corrected chi connectivity index (χ3v) is 5.38. The van der Waals surface area contributed by atoms with Gasteiger partial charge in [-0.25, -0.2) is 9.59 Å². The fraction of sp³-hybridized carbons (Fsp3) is 0.375. The van der Waals surface area contributed by atoms with Crippen LogP contribution in [0.15, 0.2) is 54.6 Å². The summed E-state index contributed by atoms with van der Waals surface area (Å²) in [5.41, 5.74) is 2.89. The van der Waals surface area contributed by atoms with Gasteiger partial charge in [-0.2, -0.15) is 0 Å². The van der Waals surface area contributed by atoms with Gasteiger partial charge >= 0.3 is 12.1 Å². The van der Waals surface area contributed by atoms with E-state index >= 15 is 0 Å². The number of nitrogens with one attached hydrogen (secondary N) is 1. The van der Waals surface area contributed by atoms with Crippen LogP contribution in [0, 0.1) is 6.92 Å². The molecule has 7 heteroatoms. The highest BCUT2D eigenvalue weighted by Gasteiger charge is 2.42. The Bertz CT molecular complexity index is 915. The molecule has 0 spiro atoms. The Morgan fingerprint density at radius 3 is 2.42 bits per heavy atom. The highest BCUT2D eigenvalue weighted by atomic mass is 16.5. The first kappa shape index (κ1) is 22.3. The third kappa shape index (κ3) is 5.63. The molecule has 0 bridgehead atoms. The summed E-state index contributed by atoms with van der Waals surface area (Å²) in [6, 6.07) is 16.2. The number of alkyl carbamates (subject to hydrolysis) is 1. The molecule has 3 rings (SSSR count). The van der Waals surface area contributed by atoms with Crippen LogP contribution in [0.2, 0.25) is 0 Å². The molecule has 7 nitrogen and oxygen atoms in total. The number of carbonyl (C=O) groups is 3. The molecule has 2 aromatic carbocycles. The minimum Gasteiger partial charge on any atom is -0.464 e. The number of amides is 2. The van der Waals surface area contributed by atoms with E-state index in [-0.39, 0.29) is 31.7 Å². The zero-order valence-electron chi connectivity index (χ0n) is 17.9. The predicted molar refractivity (Wildman–Crippen MR) is 115 cm³/mol. The van der Waals surface area contributed by atoms with Crippen molar-refractivity contribution in [3.8, 4) is 0 Å². The number of nitrogens with zero attached hydrogens (tertiary/aromatic N) is 1. The number of rotatable bonds is 7. The molecule has 2 aromatic rings. The van der Waals surface area contributed by atoms with E-state index in [1.165, 1.54) is 0 Å². The molecule has 1 saturated heterocycles. The lowest BCUT2D eigenvalue weighted by Gasteiger charge is -2.30. The van der Waals surface area contributed by atoms with E-state index in [9.17, 15) is 14.4 Å². The Morgan fingerprint density at radius 2 is 1.71 bits per heavy atom. The number of likely N-dealkylation sites (tertiary alicyclic amines) is 1. The molecule has 0 saturated carbocycles. The summed E-state index contributed by atoms with van der Waals surface area (Å²) in [5.74, 6) is -0.765. The van der Waals surface area contributed by atoms with Crippen LogP contribution in [0.4, 0.5) is 4.79 Å². The zero-order valence-corrected chi connectivity index (χ0v) is 17.9. The molecule has 164 valence electrons. The third-order valence-electron chi connectivity index (χ3n) is 5.38. The summed E-state index contributed by atoms with van der Waals surface area (Å²) in [4.78, 5) is 39.2. The normalized spacial score (nSPS) is 17.8. The molecule has 1 fully saturated rings. The molecule has 1 heterocycles. The van der Waals surface area contributed by atoms with Crippen molar-refractivity contribution in [3.63, 3.8) is 0 Å². The van der Waals surface area contributed by atoms with Crippen molar-refractivity contribution in [3.05, 3.63) is 71.3 Å². The minimum atomic E-state index is -0.684. The van der Waals surface area contributed by atoms with Crippen molar-refractivity contribution >= 4 is 18.0 Å². The Labute approximate surface area is 182 Å². The standard InChI is InChI=1S/C24H28N2O5/c1-3-30-23(28)21-14-13-20(19-12-8-7-9-17(19)2)26(21)22(27)15-25-24(29)31-16-18-10-5-4-6-11-18/h4-12,20-21H,3,13-16H2,1-2H3,(H,25,29)/t20-,21-/m0/s1.